The van der Waals surface area contributed by atoms with Crippen molar-refractivity contribution in [1.29, 1.82) is 0 Å². The van der Waals surface area contributed by atoms with Gasteiger partial charge in [0.15, 0.2) is 0 Å². The van der Waals surface area contributed by atoms with Crippen LogP contribution in [0.2, 0.25) is 0 Å². The first-order valence-corrected chi connectivity index (χ1v) is 14.5. The molecule has 7 aromatic carbocycles. The zero-order valence-electron chi connectivity index (χ0n) is 22.9. The van der Waals surface area contributed by atoms with Gasteiger partial charge in [0, 0.05) is 32.9 Å². The number of fused-ring (bicyclic) bond motifs is 7. The molecule has 0 bridgehead atoms. The highest BCUT2D eigenvalue weighted by molar-refractivity contribution is 6.19. The molecule has 0 saturated heterocycles. The van der Waals surface area contributed by atoms with Gasteiger partial charge < -0.3 is 9.13 Å². The third-order valence-electron chi connectivity index (χ3n) is 8.71. The maximum absolute atomic E-state index is 2.42. The highest BCUT2D eigenvalue weighted by atomic mass is 15.0. The molecule has 196 valence electrons. The first-order chi connectivity index (χ1) is 20.8. The molecule has 9 rings (SSSR count). The fourth-order valence-electron chi connectivity index (χ4n) is 6.83. The average molecular weight is 535 g/mol. The Kier molecular flexibility index (Phi) is 4.93. The number of para-hydroxylation sites is 3. The lowest BCUT2D eigenvalue weighted by Gasteiger charge is -2.11. The van der Waals surface area contributed by atoms with Gasteiger partial charge in [-0.3, -0.25) is 0 Å². The van der Waals surface area contributed by atoms with E-state index in [2.05, 4.69) is 167 Å². The van der Waals surface area contributed by atoms with Crippen molar-refractivity contribution in [3.05, 3.63) is 158 Å². The van der Waals surface area contributed by atoms with Crippen LogP contribution in [0.1, 0.15) is 0 Å². The van der Waals surface area contributed by atoms with Crippen molar-refractivity contribution in [2.75, 3.05) is 0 Å². The molecule has 2 heteroatoms. The Balaban J connectivity index is 1.31. The van der Waals surface area contributed by atoms with Gasteiger partial charge in [0.05, 0.1) is 22.1 Å². The molecule has 0 atom stereocenters. The second kappa shape index (κ2) is 8.95. The van der Waals surface area contributed by atoms with Crippen LogP contribution >= 0.6 is 0 Å². The Labute approximate surface area is 243 Å². The van der Waals surface area contributed by atoms with Gasteiger partial charge in [0.1, 0.15) is 0 Å². The fourth-order valence-corrected chi connectivity index (χ4v) is 6.83. The van der Waals surface area contributed by atoms with Gasteiger partial charge in [-0.2, -0.15) is 0 Å². The molecular formula is C40H26N2. The molecule has 2 aromatic heterocycles. The summed E-state index contributed by atoms with van der Waals surface area (Å²) >= 11 is 0. The summed E-state index contributed by atoms with van der Waals surface area (Å²) in [5.74, 6) is 0. The Bertz CT molecular complexity index is 2440. The summed E-state index contributed by atoms with van der Waals surface area (Å²) in [5, 5.41) is 7.59. The van der Waals surface area contributed by atoms with E-state index in [1.807, 2.05) is 0 Å². The number of hydrogen-bond acceptors (Lipinski definition) is 0. The number of benzene rings is 7. The van der Waals surface area contributed by atoms with Crippen molar-refractivity contribution >= 4 is 54.4 Å². The molecule has 0 radical (unpaired) electrons. The molecule has 0 aliphatic heterocycles. The summed E-state index contributed by atoms with van der Waals surface area (Å²) in [4.78, 5) is 0. The molecule has 0 spiro atoms. The molecule has 0 N–H and O–H groups in total. The number of aromatic nitrogens is 2. The third kappa shape index (κ3) is 3.33. The summed E-state index contributed by atoms with van der Waals surface area (Å²) in [5.41, 5.74) is 9.71. The maximum atomic E-state index is 2.42. The molecule has 0 fully saturated rings. The Hall–Kier alpha value is -5.60. The second-order valence-corrected chi connectivity index (χ2v) is 11.0. The van der Waals surface area contributed by atoms with Crippen molar-refractivity contribution in [3.8, 4) is 22.5 Å². The molecule has 42 heavy (non-hydrogen) atoms. The molecule has 0 aliphatic carbocycles. The second-order valence-electron chi connectivity index (χ2n) is 11.0. The van der Waals surface area contributed by atoms with Crippen LogP contribution in [-0.4, -0.2) is 9.13 Å². The Morgan fingerprint density at radius 1 is 0.310 bits per heavy atom. The quantitative estimate of drug-likeness (QED) is 0.213. The number of hydrogen-bond donors (Lipinski definition) is 0. The molecule has 0 unspecified atom stereocenters. The summed E-state index contributed by atoms with van der Waals surface area (Å²) in [6.45, 7) is 0. The topological polar surface area (TPSA) is 9.86 Å². The molecule has 2 heterocycles. The monoisotopic (exact) mass is 534 g/mol. The summed E-state index contributed by atoms with van der Waals surface area (Å²) < 4.78 is 4.82. The van der Waals surface area contributed by atoms with Crippen LogP contribution in [0.4, 0.5) is 0 Å². The Morgan fingerprint density at radius 3 is 1.45 bits per heavy atom. The lowest BCUT2D eigenvalue weighted by atomic mass is 9.98. The molecule has 9 aromatic rings. The van der Waals surface area contributed by atoms with E-state index in [9.17, 15) is 0 Å². The van der Waals surface area contributed by atoms with Crippen LogP contribution in [0.25, 0.3) is 76.9 Å². The van der Waals surface area contributed by atoms with E-state index in [1.54, 1.807) is 0 Å². The standard InChI is InChI=1S/C40H26N2/c1-2-13-29(14-3-1)41-37-19-8-6-16-33(37)35-26-40-36(25-39(35)41)34-17-7-9-20-38(34)42(40)30-23-21-28(22-24-30)32-18-10-12-27-11-4-5-15-31(27)32/h1-26H. The van der Waals surface area contributed by atoms with Gasteiger partial charge in [-0.15, -0.1) is 0 Å². The third-order valence-corrected chi connectivity index (χ3v) is 8.71. The van der Waals surface area contributed by atoms with Crippen molar-refractivity contribution in [3.63, 3.8) is 0 Å². The lowest BCUT2D eigenvalue weighted by Crippen LogP contribution is -1.94. The van der Waals surface area contributed by atoms with Crippen molar-refractivity contribution in [1.82, 2.24) is 9.13 Å². The fraction of sp³-hybridized carbons (Fsp3) is 0. The zero-order valence-corrected chi connectivity index (χ0v) is 22.9. The molecule has 0 saturated carbocycles. The van der Waals surface area contributed by atoms with E-state index in [1.165, 1.54) is 71.2 Å². The summed E-state index contributed by atoms with van der Waals surface area (Å²) in [6.07, 6.45) is 0. The largest absolute Gasteiger partial charge is 0.309 e. The molecule has 0 aliphatic rings. The molecule has 2 nitrogen and oxygen atoms in total. The first kappa shape index (κ1) is 23.1. The first-order valence-electron chi connectivity index (χ1n) is 14.5. The van der Waals surface area contributed by atoms with Crippen LogP contribution in [0.5, 0.6) is 0 Å². The SMILES string of the molecule is c1ccc(-n2c3ccccc3c3cc4c(cc32)c2ccccc2n4-c2ccc(-c3cccc4ccccc34)cc2)cc1. The molecular weight excluding hydrogens is 508 g/mol. The Morgan fingerprint density at radius 2 is 0.810 bits per heavy atom. The predicted octanol–water partition coefficient (Wildman–Crippen LogP) is 10.7. The van der Waals surface area contributed by atoms with Crippen molar-refractivity contribution in [2.45, 2.75) is 0 Å². The van der Waals surface area contributed by atoms with Gasteiger partial charge in [0.25, 0.3) is 0 Å². The van der Waals surface area contributed by atoms with E-state index in [4.69, 9.17) is 0 Å². The zero-order chi connectivity index (χ0) is 27.6. The van der Waals surface area contributed by atoms with Gasteiger partial charge in [0.2, 0.25) is 0 Å². The van der Waals surface area contributed by atoms with Gasteiger partial charge in [-0.25, -0.2) is 0 Å². The molecule has 0 amide bonds. The van der Waals surface area contributed by atoms with Crippen LogP contribution in [-0.2, 0) is 0 Å². The van der Waals surface area contributed by atoms with Crippen LogP contribution in [0.15, 0.2) is 158 Å². The van der Waals surface area contributed by atoms with Gasteiger partial charge in [-0.05, 0) is 70.4 Å². The number of nitrogens with zero attached hydrogens (tertiary/aromatic N) is 2. The smallest absolute Gasteiger partial charge is 0.0548 e. The minimum absolute atomic E-state index is 1.16. The van der Waals surface area contributed by atoms with Crippen LogP contribution in [0, 0.1) is 0 Å². The number of rotatable bonds is 3. The maximum Gasteiger partial charge on any atom is 0.0548 e. The van der Waals surface area contributed by atoms with Gasteiger partial charge in [-0.1, -0.05) is 109 Å². The summed E-state index contributed by atoms with van der Waals surface area (Å²) in [7, 11) is 0. The predicted molar refractivity (Wildman–Crippen MR) is 178 cm³/mol. The average Bonchev–Trinajstić information content (AvgIpc) is 3.56. The van der Waals surface area contributed by atoms with Crippen molar-refractivity contribution < 1.29 is 0 Å². The van der Waals surface area contributed by atoms with E-state index in [0.717, 1.165) is 5.69 Å². The minimum atomic E-state index is 1.16. The van der Waals surface area contributed by atoms with E-state index >= 15 is 0 Å². The van der Waals surface area contributed by atoms with Crippen molar-refractivity contribution in [2.24, 2.45) is 0 Å². The van der Waals surface area contributed by atoms with Crippen LogP contribution in [0.3, 0.4) is 0 Å². The van der Waals surface area contributed by atoms with Gasteiger partial charge >= 0.3 is 0 Å². The van der Waals surface area contributed by atoms with E-state index < -0.39 is 0 Å². The van der Waals surface area contributed by atoms with E-state index in [-0.39, 0.29) is 0 Å². The van der Waals surface area contributed by atoms with E-state index in [0.29, 0.717) is 0 Å². The van der Waals surface area contributed by atoms with Crippen LogP contribution < -0.4 is 0 Å². The highest BCUT2D eigenvalue weighted by Gasteiger charge is 2.18. The highest BCUT2D eigenvalue weighted by Crippen LogP contribution is 2.40. The summed E-state index contributed by atoms with van der Waals surface area (Å²) in [6, 6.07) is 57.2. The minimum Gasteiger partial charge on any atom is -0.309 e. The lowest BCUT2D eigenvalue weighted by molar-refractivity contribution is 1.17. The normalized spacial score (nSPS) is 11.8.